The molecule has 3 N–H and O–H groups in total. The Morgan fingerprint density at radius 1 is 1.44 bits per heavy atom. The zero-order chi connectivity index (χ0) is 6.91. The maximum atomic E-state index is 10.3. The second kappa shape index (κ2) is 1.70. The highest BCUT2D eigenvalue weighted by atomic mass is 16.4. The number of hydrogen-bond acceptors (Lipinski definition) is 2. The highest BCUT2D eigenvalue weighted by Gasteiger charge is 2.28. The van der Waals surface area contributed by atoms with Gasteiger partial charge in [0.2, 0.25) is 0 Å². The average molecular weight is 125 g/mol. The third kappa shape index (κ3) is 0.861. The highest BCUT2D eigenvalue weighted by Crippen LogP contribution is 2.11. The first kappa shape index (κ1) is 6.04. The van der Waals surface area contributed by atoms with Crippen LogP contribution in [0.3, 0.4) is 0 Å². The monoisotopic (exact) mass is 125 g/mol. The summed E-state index contributed by atoms with van der Waals surface area (Å²) < 4.78 is 0. The molecule has 0 aromatic heterocycles. The first-order valence-electron chi connectivity index (χ1n) is 2.54. The Kier molecular flexibility index (Phi) is 1.14. The Bertz CT molecular complexity index is 181. The fourth-order valence-electron chi connectivity index (χ4n) is 0.628. The van der Waals surface area contributed by atoms with Crippen molar-refractivity contribution in [1.29, 1.82) is 0 Å². The number of allylic oxidation sites excluding steroid dienone is 2. The van der Waals surface area contributed by atoms with Crippen LogP contribution in [0.4, 0.5) is 0 Å². The normalized spacial score (nSPS) is 20.6. The van der Waals surface area contributed by atoms with Gasteiger partial charge in [-0.05, 0) is 12.2 Å². The molecule has 0 atom stereocenters. The van der Waals surface area contributed by atoms with Gasteiger partial charge in [0.25, 0.3) is 0 Å². The number of rotatable bonds is 1. The summed E-state index contributed by atoms with van der Waals surface area (Å²) in [5, 5.41) is 8.44. The summed E-state index contributed by atoms with van der Waals surface area (Å²) >= 11 is 0. The van der Waals surface area contributed by atoms with Crippen LogP contribution in [-0.2, 0) is 4.79 Å². The molecule has 0 amide bonds. The van der Waals surface area contributed by atoms with Crippen molar-refractivity contribution in [3.8, 4) is 0 Å². The van der Waals surface area contributed by atoms with Crippen molar-refractivity contribution >= 4 is 5.97 Å². The Morgan fingerprint density at radius 3 is 2.11 bits per heavy atom. The molecule has 0 fully saturated rings. The van der Waals surface area contributed by atoms with Crippen LogP contribution >= 0.6 is 0 Å². The predicted octanol–water partition coefficient (Wildman–Crippen LogP) is -0.106. The standard InChI is InChI=1S/C6H7NO2/c7-6(5(8)9)3-1-2-4-6/h1-4H,7H2,(H,8,9). The SMILES string of the molecule is NC1(C(=O)O)C=CC=C1. The van der Waals surface area contributed by atoms with Crippen LogP contribution in [-0.4, -0.2) is 16.6 Å². The molecule has 0 aliphatic heterocycles. The summed E-state index contributed by atoms with van der Waals surface area (Å²) in [6.07, 6.45) is 6.12. The van der Waals surface area contributed by atoms with Crippen LogP contribution in [0.5, 0.6) is 0 Å². The molecule has 0 aromatic rings. The lowest BCUT2D eigenvalue weighted by Crippen LogP contribution is -2.42. The number of carboxylic acid groups (broad SMARTS) is 1. The number of nitrogens with two attached hydrogens (primary N) is 1. The zero-order valence-electron chi connectivity index (χ0n) is 4.74. The molecule has 0 aromatic carbocycles. The summed E-state index contributed by atoms with van der Waals surface area (Å²) in [7, 11) is 0. The van der Waals surface area contributed by atoms with E-state index in [-0.39, 0.29) is 0 Å². The lowest BCUT2D eigenvalue weighted by Gasteiger charge is -2.10. The first-order chi connectivity index (χ1) is 4.15. The topological polar surface area (TPSA) is 63.3 Å². The van der Waals surface area contributed by atoms with E-state index >= 15 is 0 Å². The van der Waals surface area contributed by atoms with Gasteiger partial charge in [0, 0.05) is 0 Å². The molecule has 1 rings (SSSR count). The maximum Gasteiger partial charge on any atom is 0.331 e. The van der Waals surface area contributed by atoms with Crippen molar-refractivity contribution < 1.29 is 9.90 Å². The van der Waals surface area contributed by atoms with Gasteiger partial charge in [-0.25, -0.2) is 4.79 Å². The fraction of sp³-hybridized carbons (Fsp3) is 0.167. The van der Waals surface area contributed by atoms with Gasteiger partial charge in [0.05, 0.1) is 0 Å². The van der Waals surface area contributed by atoms with E-state index in [0.717, 1.165) is 0 Å². The van der Waals surface area contributed by atoms with Crippen molar-refractivity contribution in [3.63, 3.8) is 0 Å². The highest BCUT2D eigenvalue weighted by molar-refractivity contribution is 5.85. The maximum absolute atomic E-state index is 10.3. The van der Waals surface area contributed by atoms with Gasteiger partial charge in [-0.1, -0.05) is 12.2 Å². The Balaban J connectivity index is 2.88. The largest absolute Gasteiger partial charge is 0.479 e. The van der Waals surface area contributed by atoms with E-state index < -0.39 is 11.5 Å². The molecule has 3 nitrogen and oxygen atoms in total. The van der Waals surface area contributed by atoms with Gasteiger partial charge >= 0.3 is 5.97 Å². The second-order valence-electron chi connectivity index (χ2n) is 1.96. The van der Waals surface area contributed by atoms with Gasteiger partial charge in [0.1, 0.15) is 0 Å². The fourth-order valence-corrected chi connectivity index (χ4v) is 0.628. The van der Waals surface area contributed by atoms with Crippen LogP contribution in [0.25, 0.3) is 0 Å². The van der Waals surface area contributed by atoms with Crippen molar-refractivity contribution in [2.24, 2.45) is 5.73 Å². The molecule has 0 saturated carbocycles. The van der Waals surface area contributed by atoms with Gasteiger partial charge in [-0.3, -0.25) is 0 Å². The van der Waals surface area contributed by atoms with Gasteiger partial charge in [-0.2, -0.15) is 0 Å². The molecule has 48 valence electrons. The summed E-state index contributed by atoms with van der Waals surface area (Å²) in [6, 6.07) is 0. The lowest BCUT2D eigenvalue weighted by atomic mass is 10.1. The van der Waals surface area contributed by atoms with Crippen LogP contribution in [0.15, 0.2) is 24.3 Å². The number of aliphatic carboxylic acids is 1. The van der Waals surface area contributed by atoms with E-state index in [2.05, 4.69) is 0 Å². The smallest absolute Gasteiger partial charge is 0.331 e. The second-order valence-corrected chi connectivity index (χ2v) is 1.96. The predicted molar refractivity (Wildman–Crippen MR) is 32.8 cm³/mol. The van der Waals surface area contributed by atoms with E-state index in [1.165, 1.54) is 12.2 Å². The molecule has 1 aliphatic rings. The molecular formula is C6H7NO2. The molecule has 3 heteroatoms. The van der Waals surface area contributed by atoms with Gasteiger partial charge in [-0.15, -0.1) is 0 Å². The number of hydrogen-bond donors (Lipinski definition) is 2. The van der Waals surface area contributed by atoms with Gasteiger partial charge in [0.15, 0.2) is 5.54 Å². The van der Waals surface area contributed by atoms with Crippen LogP contribution in [0.1, 0.15) is 0 Å². The van der Waals surface area contributed by atoms with Crippen LogP contribution < -0.4 is 5.73 Å². The molecule has 0 bridgehead atoms. The molecule has 0 spiro atoms. The number of carbonyl (C=O) groups is 1. The molecule has 0 heterocycles. The van der Waals surface area contributed by atoms with Crippen molar-refractivity contribution in [1.82, 2.24) is 0 Å². The summed E-state index contributed by atoms with van der Waals surface area (Å²) in [5.74, 6) is -1.02. The van der Waals surface area contributed by atoms with Crippen molar-refractivity contribution in [3.05, 3.63) is 24.3 Å². The van der Waals surface area contributed by atoms with Crippen LogP contribution in [0, 0.1) is 0 Å². The first-order valence-corrected chi connectivity index (χ1v) is 2.54. The minimum Gasteiger partial charge on any atom is -0.479 e. The zero-order valence-corrected chi connectivity index (χ0v) is 4.74. The Labute approximate surface area is 52.5 Å². The Morgan fingerprint density at radius 2 is 1.89 bits per heavy atom. The molecule has 0 unspecified atom stereocenters. The number of carboxylic acids is 1. The summed E-state index contributed by atoms with van der Waals surface area (Å²) in [5.41, 5.74) is 4.08. The third-order valence-corrected chi connectivity index (χ3v) is 1.23. The lowest BCUT2D eigenvalue weighted by molar-refractivity contribution is -0.139. The minimum absolute atomic E-state index is 1.02. The minimum atomic E-state index is -1.25. The summed E-state index contributed by atoms with van der Waals surface area (Å²) in [4.78, 5) is 10.3. The summed E-state index contributed by atoms with van der Waals surface area (Å²) in [6.45, 7) is 0. The van der Waals surface area contributed by atoms with Gasteiger partial charge < -0.3 is 10.8 Å². The van der Waals surface area contributed by atoms with E-state index in [1.807, 2.05) is 0 Å². The van der Waals surface area contributed by atoms with E-state index in [1.54, 1.807) is 12.2 Å². The van der Waals surface area contributed by atoms with Crippen molar-refractivity contribution in [2.45, 2.75) is 5.54 Å². The quantitative estimate of drug-likeness (QED) is 0.514. The molecule has 0 radical (unpaired) electrons. The molecule has 1 aliphatic carbocycles. The van der Waals surface area contributed by atoms with Crippen molar-refractivity contribution in [2.75, 3.05) is 0 Å². The average Bonchev–Trinajstić information content (AvgIpc) is 2.16. The molecule has 0 saturated heterocycles. The van der Waals surface area contributed by atoms with E-state index in [9.17, 15) is 4.79 Å². The third-order valence-electron chi connectivity index (χ3n) is 1.23. The molecule has 9 heavy (non-hydrogen) atoms. The van der Waals surface area contributed by atoms with E-state index in [4.69, 9.17) is 10.8 Å². The van der Waals surface area contributed by atoms with E-state index in [0.29, 0.717) is 0 Å². The van der Waals surface area contributed by atoms with Crippen LogP contribution in [0.2, 0.25) is 0 Å². The Hall–Kier alpha value is -1.09. The molecular weight excluding hydrogens is 118 g/mol.